The minimum Gasteiger partial charge on any atom is -0.384 e. The highest BCUT2D eigenvalue weighted by atomic mass is 32.2. The van der Waals surface area contributed by atoms with E-state index in [1.165, 1.54) is 0 Å². The molecule has 0 bridgehead atoms. The second kappa shape index (κ2) is 7.24. The Kier molecular flexibility index (Phi) is 5.61. The number of likely N-dealkylation sites (tertiary alicyclic amines) is 1. The van der Waals surface area contributed by atoms with E-state index in [1.54, 1.807) is 12.1 Å². The van der Waals surface area contributed by atoms with Crippen LogP contribution in [0.15, 0.2) is 29.2 Å². The fourth-order valence-electron chi connectivity index (χ4n) is 2.52. The molecule has 1 heterocycles. The average molecular weight is 311 g/mol. The SMILES string of the molecule is CCCNc1ccccc1S(=O)(=O)NC1CCN(C)CC1. The molecule has 0 spiro atoms. The van der Waals surface area contributed by atoms with E-state index in [-0.39, 0.29) is 6.04 Å². The first kappa shape index (κ1) is 16.3. The average Bonchev–Trinajstić information content (AvgIpc) is 2.47. The first-order valence-electron chi connectivity index (χ1n) is 7.56. The quantitative estimate of drug-likeness (QED) is 0.842. The number of anilines is 1. The summed E-state index contributed by atoms with van der Waals surface area (Å²) in [6, 6.07) is 7.13. The van der Waals surface area contributed by atoms with Crippen LogP contribution in [0.3, 0.4) is 0 Å². The summed E-state index contributed by atoms with van der Waals surface area (Å²) in [6.07, 6.45) is 2.68. The monoisotopic (exact) mass is 311 g/mol. The van der Waals surface area contributed by atoms with Crippen molar-refractivity contribution in [2.24, 2.45) is 0 Å². The van der Waals surface area contributed by atoms with Crippen molar-refractivity contribution >= 4 is 15.7 Å². The Bertz CT molecular complexity index is 552. The summed E-state index contributed by atoms with van der Waals surface area (Å²) in [4.78, 5) is 2.57. The summed E-state index contributed by atoms with van der Waals surface area (Å²) in [6.45, 7) is 4.69. The lowest BCUT2D eigenvalue weighted by atomic mass is 10.1. The molecule has 2 rings (SSSR count). The molecule has 0 atom stereocenters. The van der Waals surface area contributed by atoms with E-state index in [4.69, 9.17) is 0 Å². The van der Waals surface area contributed by atoms with Gasteiger partial charge >= 0.3 is 0 Å². The number of nitrogens with zero attached hydrogens (tertiary/aromatic N) is 1. The molecule has 1 fully saturated rings. The molecule has 0 amide bonds. The molecular weight excluding hydrogens is 286 g/mol. The zero-order valence-electron chi connectivity index (χ0n) is 12.8. The lowest BCUT2D eigenvalue weighted by molar-refractivity contribution is 0.248. The Balaban J connectivity index is 2.12. The van der Waals surface area contributed by atoms with Crippen molar-refractivity contribution in [3.63, 3.8) is 0 Å². The topological polar surface area (TPSA) is 61.4 Å². The molecule has 0 saturated carbocycles. The van der Waals surface area contributed by atoms with Gasteiger partial charge in [-0.3, -0.25) is 0 Å². The van der Waals surface area contributed by atoms with Gasteiger partial charge < -0.3 is 10.2 Å². The Morgan fingerprint density at radius 1 is 1.24 bits per heavy atom. The van der Waals surface area contributed by atoms with E-state index in [2.05, 4.69) is 28.9 Å². The minimum atomic E-state index is -3.47. The number of hydrogen-bond acceptors (Lipinski definition) is 4. The number of benzene rings is 1. The third-order valence-corrected chi connectivity index (χ3v) is 5.36. The van der Waals surface area contributed by atoms with Gasteiger partial charge in [0.05, 0.1) is 5.69 Å². The van der Waals surface area contributed by atoms with Crippen LogP contribution in [0.25, 0.3) is 0 Å². The Labute approximate surface area is 127 Å². The number of piperidine rings is 1. The fourth-order valence-corrected chi connectivity index (χ4v) is 4.00. The van der Waals surface area contributed by atoms with Crippen LogP contribution in [0.1, 0.15) is 26.2 Å². The van der Waals surface area contributed by atoms with Gasteiger partial charge in [0.15, 0.2) is 0 Å². The van der Waals surface area contributed by atoms with Crippen LogP contribution in [-0.4, -0.2) is 46.0 Å². The predicted molar refractivity (Wildman–Crippen MR) is 86.1 cm³/mol. The predicted octanol–water partition coefficient (Wildman–Crippen LogP) is 1.88. The van der Waals surface area contributed by atoms with Gasteiger partial charge in [-0.25, -0.2) is 13.1 Å². The molecule has 1 saturated heterocycles. The summed E-state index contributed by atoms with van der Waals surface area (Å²) in [5.74, 6) is 0. The first-order valence-corrected chi connectivity index (χ1v) is 9.05. The van der Waals surface area contributed by atoms with Crippen molar-refractivity contribution in [1.82, 2.24) is 9.62 Å². The van der Waals surface area contributed by atoms with Gasteiger partial charge in [0.1, 0.15) is 4.90 Å². The largest absolute Gasteiger partial charge is 0.384 e. The molecule has 1 aliphatic rings. The summed E-state index contributed by atoms with van der Waals surface area (Å²) in [7, 11) is -1.41. The van der Waals surface area contributed by atoms with Crippen LogP contribution in [0.5, 0.6) is 0 Å². The Morgan fingerprint density at radius 3 is 2.57 bits per heavy atom. The van der Waals surface area contributed by atoms with Crippen LogP contribution in [0.2, 0.25) is 0 Å². The normalized spacial score (nSPS) is 17.8. The molecule has 2 N–H and O–H groups in total. The first-order chi connectivity index (χ1) is 10.0. The highest BCUT2D eigenvalue weighted by molar-refractivity contribution is 7.89. The van der Waals surface area contributed by atoms with Crippen molar-refractivity contribution in [1.29, 1.82) is 0 Å². The summed E-state index contributed by atoms with van der Waals surface area (Å²) in [5.41, 5.74) is 0.680. The zero-order chi connectivity index (χ0) is 15.3. The van der Waals surface area contributed by atoms with Crippen molar-refractivity contribution in [3.8, 4) is 0 Å². The van der Waals surface area contributed by atoms with Crippen LogP contribution in [-0.2, 0) is 10.0 Å². The second-order valence-electron chi connectivity index (χ2n) is 5.62. The van der Waals surface area contributed by atoms with E-state index < -0.39 is 10.0 Å². The molecule has 0 unspecified atom stereocenters. The van der Waals surface area contributed by atoms with Crippen LogP contribution < -0.4 is 10.0 Å². The maximum atomic E-state index is 12.6. The van der Waals surface area contributed by atoms with Crippen molar-refractivity contribution in [2.75, 3.05) is 32.0 Å². The molecular formula is C15H25N3O2S. The van der Waals surface area contributed by atoms with E-state index in [1.807, 2.05) is 12.1 Å². The number of sulfonamides is 1. The van der Waals surface area contributed by atoms with Crippen molar-refractivity contribution in [3.05, 3.63) is 24.3 Å². The molecule has 21 heavy (non-hydrogen) atoms. The lowest BCUT2D eigenvalue weighted by Crippen LogP contribution is -2.43. The van der Waals surface area contributed by atoms with Crippen LogP contribution in [0.4, 0.5) is 5.69 Å². The maximum Gasteiger partial charge on any atom is 0.242 e. The standard InChI is InChI=1S/C15H25N3O2S/c1-3-10-16-14-6-4-5-7-15(14)21(19,20)17-13-8-11-18(2)12-9-13/h4-7,13,16-17H,3,8-12H2,1-2H3. The number of para-hydroxylation sites is 1. The number of hydrogen-bond donors (Lipinski definition) is 2. The molecule has 0 aromatic heterocycles. The fraction of sp³-hybridized carbons (Fsp3) is 0.600. The molecule has 5 nitrogen and oxygen atoms in total. The molecule has 6 heteroatoms. The van der Waals surface area contributed by atoms with E-state index in [0.29, 0.717) is 10.6 Å². The molecule has 118 valence electrons. The molecule has 1 aromatic carbocycles. The van der Waals surface area contributed by atoms with Gasteiger partial charge in [0.25, 0.3) is 0 Å². The smallest absolute Gasteiger partial charge is 0.242 e. The minimum absolute atomic E-state index is 0.0328. The van der Waals surface area contributed by atoms with Crippen LogP contribution >= 0.6 is 0 Å². The van der Waals surface area contributed by atoms with Gasteiger partial charge in [0, 0.05) is 12.6 Å². The Morgan fingerprint density at radius 2 is 1.90 bits per heavy atom. The maximum absolute atomic E-state index is 12.6. The zero-order valence-corrected chi connectivity index (χ0v) is 13.6. The summed E-state index contributed by atoms with van der Waals surface area (Å²) < 4.78 is 28.1. The highest BCUT2D eigenvalue weighted by Crippen LogP contribution is 2.22. The van der Waals surface area contributed by atoms with Gasteiger partial charge in [-0.15, -0.1) is 0 Å². The van der Waals surface area contributed by atoms with Crippen molar-refractivity contribution < 1.29 is 8.42 Å². The van der Waals surface area contributed by atoms with Gasteiger partial charge in [-0.1, -0.05) is 19.1 Å². The number of rotatable bonds is 6. The van der Waals surface area contributed by atoms with Gasteiger partial charge in [-0.05, 0) is 51.5 Å². The van der Waals surface area contributed by atoms with Crippen LogP contribution in [0, 0.1) is 0 Å². The molecule has 1 aromatic rings. The van der Waals surface area contributed by atoms with E-state index >= 15 is 0 Å². The summed E-state index contributed by atoms with van der Waals surface area (Å²) in [5, 5.41) is 3.19. The molecule has 0 aliphatic carbocycles. The van der Waals surface area contributed by atoms with Crippen molar-refractivity contribution in [2.45, 2.75) is 37.1 Å². The highest BCUT2D eigenvalue weighted by Gasteiger charge is 2.24. The third-order valence-electron chi connectivity index (χ3n) is 3.78. The molecule has 1 aliphatic heterocycles. The third kappa shape index (κ3) is 4.43. The van der Waals surface area contributed by atoms with Gasteiger partial charge in [-0.2, -0.15) is 0 Å². The van der Waals surface area contributed by atoms with E-state index in [9.17, 15) is 8.42 Å². The lowest BCUT2D eigenvalue weighted by Gasteiger charge is -2.29. The summed E-state index contributed by atoms with van der Waals surface area (Å²) >= 11 is 0. The Hall–Kier alpha value is -1.11. The second-order valence-corrected chi connectivity index (χ2v) is 7.30. The number of nitrogens with one attached hydrogen (secondary N) is 2. The van der Waals surface area contributed by atoms with Gasteiger partial charge in [0.2, 0.25) is 10.0 Å². The van der Waals surface area contributed by atoms with E-state index in [0.717, 1.165) is 38.9 Å². The molecule has 0 radical (unpaired) electrons.